The van der Waals surface area contributed by atoms with Crippen LogP contribution < -0.4 is 24.0 Å². The van der Waals surface area contributed by atoms with Gasteiger partial charge in [0.1, 0.15) is 6.54 Å². The quantitative estimate of drug-likeness (QED) is 0.238. The number of quaternary nitrogens is 1. The van der Waals surface area contributed by atoms with E-state index in [1.165, 1.54) is 6.07 Å². The van der Waals surface area contributed by atoms with E-state index >= 15 is 0 Å². The highest BCUT2D eigenvalue weighted by atomic mass is 127. The summed E-state index contributed by atoms with van der Waals surface area (Å²) in [6.45, 7) is 1.41. The molecule has 0 heterocycles. The Balaban J connectivity index is 0.00000361. The number of halogens is 1. The predicted octanol–water partition coefficient (Wildman–Crippen LogP) is -1.07. The highest BCUT2D eigenvalue weighted by molar-refractivity contribution is 5.66. The Hall–Kier alpha value is -1.02. The van der Waals surface area contributed by atoms with E-state index in [0.717, 1.165) is 13.0 Å². The monoisotopic (exact) mass is 395 g/mol. The zero-order chi connectivity index (χ0) is 14.5. The van der Waals surface area contributed by atoms with E-state index in [1.54, 1.807) is 12.1 Å². The molecule has 0 atom stereocenters. The van der Waals surface area contributed by atoms with E-state index in [2.05, 4.69) is 0 Å². The molecule has 114 valence electrons. The van der Waals surface area contributed by atoms with Gasteiger partial charge in [-0.1, -0.05) is 6.07 Å². The number of benzene rings is 1. The van der Waals surface area contributed by atoms with Crippen molar-refractivity contribution < 1.29 is 48.6 Å². The molecule has 20 heavy (non-hydrogen) atoms. The molecule has 0 bridgehead atoms. The summed E-state index contributed by atoms with van der Waals surface area (Å²) in [4.78, 5) is 10.4. The van der Waals surface area contributed by atoms with E-state index in [9.17, 15) is 15.0 Å². The molecule has 3 N–H and O–H groups in total. The van der Waals surface area contributed by atoms with Gasteiger partial charge in [-0.05, 0) is 25.0 Å². The first-order chi connectivity index (χ1) is 8.82. The number of unbranched alkanes of at least 4 members (excludes halogenated alkanes) is 1. The molecule has 0 spiro atoms. The van der Waals surface area contributed by atoms with Crippen molar-refractivity contribution in [1.82, 2.24) is 0 Å². The second kappa shape index (κ2) is 8.31. The summed E-state index contributed by atoms with van der Waals surface area (Å²) in [5, 5.41) is 27.8. The molecule has 1 aromatic carbocycles. The van der Waals surface area contributed by atoms with Gasteiger partial charge in [0.25, 0.3) is 0 Å². The molecule has 5 nitrogen and oxygen atoms in total. The smallest absolute Gasteiger partial charge is 0.303 e. The van der Waals surface area contributed by atoms with Crippen molar-refractivity contribution in [3.8, 4) is 11.5 Å². The van der Waals surface area contributed by atoms with Gasteiger partial charge in [-0.25, -0.2) is 0 Å². The molecule has 0 aliphatic carbocycles. The third kappa shape index (κ3) is 6.42. The lowest BCUT2D eigenvalue weighted by Gasteiger charge is -2.30. The minimum atomic E-state index is -0.768. The number of rotatable bonds is 7. The van der Waals surface area contributed by atoms with Gasteiger partial charge < -0.3 is 43.8 Å². The molecule has 0 amide bonds. The minimum absolute atomic E-state index is 0. The number of carbonyl (C=O) groups is 1. The van der Waals surface area contributed by atoms with Crippen LogP contribution in [0.15, 0.2) is 18.2 Å². The number of para-hydroxylation sites is 1. The molecule has 0 fully saturated rings. The average Bonchev–Trinajstić information content (AvgIpc) is 2.30. The first kappa shape index (κ1) is 19.0. The molecule has 0 aliphatic heterocycles. The molecule has 0 radical (unpaired) electrons. The van der Waals surface area contributed by atoms with Crippen LogP contribution in [0.3, 0.4) is 0 Å². The Bertz CT molecular complexity index is 449. The molecule has 0 saturated carbocycles. The number of aromatic hydroxyl groups is 2. The van der Waals surface area contributed by atoms with Crippen molar-refractivity contribution in [2.45, 2.75) is 25.8 Å². The molecule has 1 rings (SSSR count). The zero-order valence-electron chi connectivity index (χ0n) is 11.8. The SMILES string of the molecule is C[N+](C)(CCCCC(=O)O)Cc1cccc(O)c1O.[I-]. The van der Waals surface area contributed by atoms with Crippen LogP contribution in [0.25, 0.3) is 0 Å². The molecule has 0 aromatic heterocycles. The second-order valence-electron chi connectivity index (χ2n) is 5.45. The maximum Gasteiger partial charge on any atom is 0.303 e. The molecular weight excluding hydrogens is 373 g/mol. The number of phenolic OH excluding ortho intramolecular Hbond substituents is 2. The summed E-state index contributed by atoms with van der Waals surface area (Å²) in [7, 11) is 4.04. The first-order valence-corrected chi connectivity index (χ1v) is 6.35. The molecule has 6 heteroatoms. The van der Waals surface area contributed by atoms with E-state index < -0.39 is 5.97 Å². The van der Waals surface area contributed by atoms with Gasteiger partial charge in [-0.3, -0.25) is 4.79 Å². The summed E-state index contributed by atoms with van der Waals surface area (Å²) in [6, 6.07) is 4.94. The zero-order valence-corrected chi connectivity index (χ0v) is 14.0. The second-order valence-corrected chi connectivity index (χ2v) is 5.45. The maximum absolute atomic E-state index is 10.4. The summed E-state index contributed by atoms with van der Waals surface area (Å²) in [5.41, 5.74) is 0.697. The number of carboxylic acids is 1. The molecule has 1 aromatic rings. The first-order valence-electron chi connectivity index (χ1n) is 6.35. The molecule has 0 saturated heterocycles. The summed E-state index contributed by atoms with van der Waals surface area (Å²) in [5.74, 6) is -0.946. The van der Waals surface area contributed by atoms with Crippen molar-refractivity contribution in [3.63, 3.8) is 0 Å². The van der Waals surface area contributed by atoms with Gasteiger partial charge in [-0.2, -0.15) is 0 Å². The van der Waals surface area contributed by atoms with Crippen molar-refractivity contribution in [2.75, 3.05) is 20.6 Å². The van der Waals surface area contributed by atoms with E-state index in [1.807, 2.05) is 14.1 Å². The third-order valence-corrected chi connectivity index (χ3v) is 3.10. The Morgan fingerprint density at radius 1 is 1.20 bits per heavy atom. The number of phenols is 2. The maximum atomic E-state index is 10.4. The Labute approximate surface area is 136 Å². The number of hydrogen-bond acceptors (Lipinski definition) is 3. The Morgan fingerprint density at radius 2 is 1.85 bits per heavy atom. The molecule has 0 unspecified atom stereocenters. The van der Waals surface area contributed by atoms with Crippen molar-refractivity contribution >= 4 is 5.97 Å². The fraction of sp³-hybridized carbons (Fsp3) is 0.500. The van der Waals surface area contributed by atoms with Crippen LogP contribution in [0.5, 0.6) is 11.5 Å². The summed E-state index contributed by atoms with van der Waals surface area (Å²) in [6.07, 6.45) is 1.67. The van der Waals surface area contributed by atoms with Crippen LogP contribution in [-0.4, -0.2) is 46.4 Å². The van der Waals surface area contributed by atoms with Crippen molar-refractivity contribution in [2.24, 2.45) is 0 Å². The van der Waals surface area contributed by atoms with Gasteiger partial charge in [0, 0.05) is 6.42 Å². The van der Waals surface area contributed by atoms with Crippen LogP contribution in [0.1, 0.15) is 24.8 Å². The van der Waals surface area contributed by atoms with Crippen LogP contribution in [0.4, 0.5) is 0 Å². The Morgan fingerprint density at radius 3 is 2.45 bits per heavy atom. The summed E-state index contributed by atoms with van der Waals surface area (Å²) >= 11 is 0. The van der Waals surface area contributed by atoms with Crippen LogP contribution >= 0.6 is 0 Å². The lowest BCUT2D eigenvalue weighted by molar-refractivity contribution is -0.903. The van der Waals surface area contributed by atoms with Gasteiger partial charge in [0.05, 0.1) is 26.2 Å². The highest BCUT2D eigenvalue weighted by Gasteiger charge is 2.19. The number of carboxylic acid groups (broad SMARTS) is 1. The highest BCUT2D eigenvalue weighted by Crippen LogP contribution is 2.30. The topological polar surface area (TPSA) is 77.8 Å². The summed E-state index contributed by atoms with van der Waals surface area (Å²) < 4.78 is 0.636. The lowest BCUT2D eigenvalue weighted by atomic mass is 10.1. The lowest BCUT2D eigenvalue weighted by Crippen LogP contribution is -3.00. The number of aliphatic carboxylic acids is 1. The normalized spacial score (nSPS) is 10.9. The Kier molecular flexibility index (Phi) is 7.88. The number of hydrogen-bond donors (Lipinski definition) is 3. The largest absolute Gasteiger partial charge is 1.00 e. The van der Waals surface area contributed by atoms with Crippen LogP contribution in [-0.2, 0) is 11.3 Å². The van der Waals surface area contributed by atoms with Gasteiger partial charge in [-0.15, -0.1) is 0 Å². The van der Waals surface area contributed by atoms with E-state index in [4.69, 9.17) is 5.11 Å². The fourth-order valence-corrected chi connectivity index (χ4v) is 2.06. The molecule has 0 aliphatic rings. The van der Waals surface area contributed by atoms with Crippen molar-refractivity contribution in [3.05, 3.63) is 23.8 Å². The third-order valence-electron chi connectivity index (χ3n) is 3.10. The van der Waals surface area contributed by atoms with Gasteiger partial charge in [0.2, 0.25) is 0 Å². The van der Waals surface area contributed by atoms with E-state index in [0.29, 0.717) is 23.0 Å². The van der Waals surface area contributed by atoms with Crippen molar-refractivity contribution in [1.29, 1.82) is 0 Å². The molecular formula is C14H22INO4. The van der Waals surface area contributed by atoms with Gasteiger partial charge in [0.15, 0.2) is 11.5 Å². The van der Waals surface area contributed by atoms with Gasteiger partial charge >= 0.3 is 5.97 Å². The number of nitrogens with zero attached hydrogens (tertiary/aromatic N) is 1. The van der Waals surface area contributed by atoms with Crippen LogP contribution in [0, 0.1) is 0 Å². The average molecular weight is 395 g/mol. The fourth-order valence-electron chi connectivity index (χ4n) is 2.06. The predicted molar refractivity (Wildman–Crippen MR) is 71.9 cm³/mol. The van der Waals surface area contributed by atoms with Crippen LogP contribution in [0.2, 0.25) is 0 Å². The standard InChI is InChI=1S/C14H21NO4.HI/c1-15(2,9-4-3-8-13(17)18)10-11-6-5-7-12(16)14(11)19;/h5-7H,3-4,8-10H2,1-2H3,(H2-,16,17,18,19);1H. The minimum Gasteiger partial charge on any atom is -1.00 e. The van der Waals surface area contributed by atoms with E-state index in [-0.39, 0.29) is 41.9 Å².